The van der Waals surface area contributed by atoms with Crippen molar-refractivity contribution in [2.75, 3.05) is 5.32 Å². The van der Waals surface area contributed by atoms with E-state index in [4.69, 9.17) is 11.1 Å². The number of para-hydroxylation sites is 1. The van der Waals surface area contributed by atoms with Crippen molar-refractivity contribution in [2.45, 2.75) is 110 Å². The molecule has 0 amide bonds. The van der Waals surface area contributed by atoms with Gasteiger partial charge in [0.2, 0.25) is 0 Å². The lowest BCUT2D eigenvalue weighted by atomic mass is 9.92. The molecule has 0 heterocycles. The maximum Gasteiger partial charge on any atom is 0.306 e. The van der Waals surface area contributed by atoms with Gasteiger partial charge in [-0.25, -0.2) is 0 Å². The van der Waals surface area contributed by atoms with Crippen LogP contribution in [0.4, 0.5) is 5.69 Å². The standard InChI is InChI=1S/C26H45N3O2/c1-2-3-4-5-6-7-8-9-10-11-12-13-14-15-19-23(25(30)31)21-22-18-16-17-20-24(22)29-26(27)28/h16-18,20,23H,2-15,19,21H2,1H3,(H,30,31)(H4,27,28,29). The molecule has 5 N–H and O–H groups in total. The molecule has 1 unspecified atom stereocenters. The summed E-state index contributed by atoms with van der Waals surface area (Å²) in [6, 6.07) is 7.50. The van der Waals surface area contributed by atoms with Crippen molar-refractivity contribution in [3.63, 3.8) is 0 Å². The number of carboxylic acids is 1. The van der Waals surface area contributed by atoms with Crippen LogP contribution in [0.2, 0.25) is 0 Å². The summed E-state index contributed by atoms with van der Waals surface area (Å²) in [4.78, 5) is 11.7. The maximum atomic E-state index is 11.7. The second-order valence-electron chi connectivity index (χ2n) is 8.82. The predicted molar refractivity (Wildman–Crippen MR) is 132 cm³/mol. The van der Waals surface area contributed by atoms with Crippen molar-refractivity contribution in [1.82, 2.24) is 0 Å². The summed E-state index contributed by atoms with van der Waals surface area (Å²) in [5.41, 5.74) is 7.06. The lowest BCUT2D eigenvalue weighted by molar-refractivity contribution is -0.142. The van der Waals surface area contributed by atoms with Gasteiger partial charge in [-0.2, -0.15) is 0 Å². The molecule has 31 heavy (non-hydrogen) atoms. The molecule has 0 spiro atoms. The van der Waals surface area contributed by atoms with E-state index in [0.717, 1.165) is 24.1 Å². The summed E-state index contributed by atoms with van der Waals surface area (Å²) in [7, 11) is 0. The van der Waals surface area contributed by atoms with Gasteiger partial charge in [-0.05, 0) is 24.5 Å². The molecule has 0 fully saturated rings. The molecule has 0 saturated carbocycles. The number of unbranched alkanes of at least 4 members (excludes halogenated alkanes) is 13. The van der Waals surface area contributed by atoms with Crippen molar-refractivity contribution in [3.8, 4) is 0 Å². The molecule has 5 heteroatoms. The van der Waals surface area contributed by atoms with Crippen molar-refractivity contribution >= 4 is 17.6 Å². The number of hydrogen-bond donors (Lipinski definition) is 4. The van der Waals surface area contributed by atoms with Crippen LogP contribution in [0.1, 0.15) is 109 Å². The zero-order valence-corrected chi connectivity index (χ0v) is 19.6. The molecule has 0 radical (unpaired) electrons. The Labute approximate surface area is 189 Å². The summed E-state index contributed by atoms with van der Waals surface area (Å²) >= 11 is 0. The first-order valence-corrected chi connectivity index (χ1v) is 12.5. The second kappa shape index (κ2) is 17.6. The number of carbonyl (C=O) groups is 1. The third-order valence-corrected chi connectivity index (χ3v) is 6.01. The van der Waals surface area contributed by atoms with E-state index in [2.05, 4.69) is 12.2 Å². The normalized spacial score (nSPS) is 11.9. The molecular formula is C26H45N3O2. The number of hydrogen-bond acceptors (Lipinski definition) is 2. The topological polar surface area (TPSA) is 99.2 Å². The fourth-order valence-corrected chi connectivity index (χ4v) is 4.13. The van der Waals surface area contributed by atoms with Crippen LogP contribution in [0.3, 0.4) is 0 Å². The highest BCUT2D eigenvalue weighted by Crippen LogP contribution is 2.23. The molecular weight excluding hydrogens is 386 g/mol. The van der Waals surface area contributed by atoms with E-state index in [9.17, 15) is 9.90 Å². The highest BCUT2D eigenvalue weighted by molar-refractivity contribution is 5.90. The molecule has 1 atom stereocenters. The van der Waals surface area contributed by atoms with Gasteiger partial charge < -0.3 is 16.2 Å². The fourth-order valence-electron chi connectivity index (χ4n) is 4.13. The average molecular weight is 432 g/mol. The Kier molecular flexibility index (Phi) is 15.3. The first-order chi connectivity index (χ1) is 15.0. The van der Waals surface area contributed by atoms with Crippen LogP contribution in [0.5, 0.6) is 0 Å². The van der Waals surface area contributed by atoms with Crippen LogP contribution in [0.15, 0.2) is 24.3 Å². The van der Waals surface area contributed by atoms with Gasteiger partial charge in [0.15, 0.2) is 5.96 Å². The van der Waals surface area contributed by atoms with Gasteiger partial charge in [0.25, 0.3) is 0 Å². The average Bonchev–Trinajstić information content (AvgIpc) is 2.73. The Morgan fingerprint density at radius 3 is 1.87 bits per heavy atom. The Morgan fingerprint density at radius 2 is 1.39 bits per heavy atom. The summed E-state index contributed by atoms with van der Waals surface area (Å²) < 4.78 is 0. The summed E-state index contributed by atoms with van der Waals surface area (Å²) in [5.74, 6) is -1.27. The molecule has 0 aliphatic heterocycles. The van der Waals surface area contributed by atoms with E-state index in [-0.39, 0.29) is 5.96 Å². The van der Waals surface area contributed by atoms with Crippen molar-refractivity contribution in [3.05, 3.63) is 29.8 Å². The van der Waals surface area contributed by atoms with Crippen molar-refractivity contribution < 1.29 is 9.90 Å². The minimum atomic E-state index is -0.743. The number of guanidine groups is 1. The Hall–Kier alpha value is -2.04. The van der Waals surface area contributed by atoms with E-state index in [1.165, 1.54) is 77.0 Å². The van der Waals surface area contributed by atoms with Crippen molar-refractivity contribution in [2.24, 2.45) is 11.7 Å². The molecule has 0 aromatic heterocycles. The third kappa shape index (κ3) is 13.8. The monoisotopic (exact) mass is 431 g/mol. The van der Waals surface area contributed by atoms with Gasteiger partial charge in [-0.1, -0.05) is 115 Å². The van der Waals surface area contributed by atoms with E-state index in [1.807, 2.05) is 24.3 Å². The molecule has 0 saturated heterocycles. The molecule has 1 aromatic carbocycles. The van der Waals surface area contributed by atoms with Crippen LogP contribution in [-0.2, 0) is 11.2 Å². The Bertz CT molecular complexity index is 618. The van der Waals surface area contributed by atoms with Crippen LogP contribution < -0.4 is 11.1 Å². The SMILES string of the molecule is CCCCCCCCCCCCCCCCC(Cc1ccccc1NC(=N)N)C(=O)O. The number of nitrogens with one attached hydrogen (secondary N) is 2. The van der Waals surface area contributed by atoms with Gasteiger partial charge in [0.1, 0.15) is 0 Å². The lowest BCUT2D eigenvalue weighted by Crippen LogP contribution is -2.22. The highest BCUT2D eigenvalue weighted by Gasteiger charge is 2.19. The van der Waals surface area contributed by atoms with Gasteiger partial charge in [-0.15, -0.1) is 0 Å². The number of benzene rings is 1. The summed E-state index contributed by atoms with van der Waals surface area (Å²) in [6.45, 7) is 2.26. The van der Waals surface area contributed by atoms with Gasteiger partial charge in [0, 0.05) is 5.69 Å². The first kappa shape index (κ1) is 27.0. The third-order valence-electron chi connectivity index (χ3n) is 6.01. The zero-order valence-electron chi connectivity index (χ0n) is 19.6. The molecule has 176 valence electrons. The molecule has 5 nitrogen and oxygen atoms in total. The molecule has 1 rings (SSSR count). The van der Waals surface area contributed by atoms with Gasteiger partial charge in [0.05, 0.1) is 5.92 Å². The minimum absolute atomic E-state index is 0.133. The second-order valence-corrected chi connectivity index (χ2v) is 8.82. The zero-order chi connectivity index (χ0) is 22.7. The van der Waals surface area contributed by atoms with E-state index in [0.29, 0.717) is 12.8 Å². The summed E-state index contributed by atoms with van der Waals surface area (Å²) in [6.07, 6.45) is 19.4. The van der Waals surface area contributed by atoms with E-state index in [1.54, 1.807) is 0 Å². The van der Waals surface area contributed by atoms with Crippen LogP contribution in [0, 0.1) is 11.3 Å². The lowest BCUT2D eigenvalue weighted by Gasteiger charge is -2.16. The van der Waals surface area contributed by atoms with E-state index >= 15 is 0 Å². The number of carboxylic acid groups (broad SMARTS) is 1. The summed E-state index contributed by atoms with van der Waals surface area (Å²) in [5, 5.41) is 19.8. The van der Waals surface area contributed by atoms with Gasteiger partial charge >= 0.3 is 5.97 Å². The highest BCUT2D eigenvalue weighted by atomic mass is 16.4. The largest absolute Gasteiger partial charge is 0.481 e. The van der Waals surface area contributed by atoms with E-state index < -0.39 is 11.9 Å². The quantitative estimate of drug-likeness (QED) is 0.107. The first-order valence-electron chi connectivity index (χ1n) is 12.5. The Morgan fingerprint density at radius 1 is 0.903 bits per heavy atom. The fraction of sp³-hybridized carbons (Fsp3) is 0.692. The van der Waals surface area contributed by atoms with Crippen LogP contribution >= 0.6 is 0 Å². The predicted octanol–water partition coefficient (Wildman–Crippen LogP) is 7.11. The molecule has 0 aliphatic carbocycles. The minimum Gasteiger partial charge on any atom is -0.481 e. The van der Waals surface area contributed by atoms with Crippen LogP contribution in [0.25, 0.3) is 0 Å². The number of aliphatic carboxylic acids is 1. The molecule has 1 aromatic rings. The number of anilines is 1. The van der Waals surface area contributed by atoms with Gasteiger partial charge in [-0.3, -0.25) is 10.2 Å². The smallest absolute Gasteiger partial charge is 0.306 e. The maximum absolute atomic E-state index is 11.7. The Balaban J connectivity index is 2.13. The number of rotatable bonds is 19. The molecule has 0 bridgehead atoms. The molecule has 0 aliphatic rings. The number of nitrogens with two attached hydrogens (primary N) is 1. The van der Waals surface area contributed by atoms with Crippen molar-refractivity contribution in [1.29, 1.82) is 5.41 Å². The van der Waals surface area contributed by atoms with Crippen LogP contribution in [-0.4, -0.2) is 17.0 Å².